The molecule has 2 heterocycles. The van der Waals surface area contributed by atoms with Crippen molar-refractivity contribution >= 4 is 34.7 Å². The van der Waals surface area contributed by atoms with Crippen molar-refractivity contribution in [3.8, 4) is 0 Å². The minimum atomic E-state index is -0.175. The van der Waals surface area contributed by atoms with Gasteiger partial charge in [0, 0.05) is 6.07 Å². The van der Waals surface area contributed by atoms with Crippen LogP contribution in [0.2, 0.25) is 4.34 Å². The summed E-state index contributed by atoms with van der Waals surface area (Å²) in [6.07, 6.45) is 0. The first kappa shape index (κ1) is 14.8. The first-order valence-corrected chi connectivity index (χ1v) is 7.96. The smallest absolute Gasteiger partial charge is 0.266 e. The zero-order valence-electron chi connectivity index (χ0n) is 11.9. The topological polar surface area (TPSA) is 46.9 Å². The molecule has 0 bridgehead atoms. The lowest BCUT2D eigenvalue weighted by Crippen LogP contribution is -2.15. The largest absolute Gasteiger partial charge is 0.306 e. The van der Waals surface area contributed by atoms with E-state index >= 15 is 0 Å². The number of thiophene rings is 1. The third-order valence-corrected chi connectivity index (χ3v) is 4.35. The highest BCUT2D eigenvalue weighted by Gasteiger charge is 2.13. The fourth-order valence-corrected chi connectivity index (χ4v) is 3.08. The highest BCUT2D eigenvalue weighted by molar-refractivity contribution is 7.18. The van der Waals surface area contributed by atoms with Crippen molar-refractivity contribution in [2.24, 2.45) is 0 Å². The van der Waals surface area contributed by atoms with Crippen molar-refractivity contribution in [3.63, 3.8) is 0 Å². The standard InChI is InChI=1S/C16H14ClN3OS/c1-11-9-15(18-16(21)13-7-8-14(17)22-13)20(19-11)10-12-5-3-2-4-6-12/h2-9H,10H2,1H3,(H,18,21). The molecule has 4 nitrogen and oxygen atoms in total. The van der Waals surface area contributed by atoms with Gasteiger partial charge in [-0.25, -0.2) is 4.68 Å². The van der Waals surface area contributed by atoms with Crippen LogP contribution in [-0.2, 0) is 6.54 Å². The van der Waals surface area contributed by atoms with Crippen molar-refractivity contribution in [1.29, 1.82) is 0 Å². The van der Waals surface area contributed by atoms with Gasteiger partial charge in [0.15, 0.2) is 0 Å². The van der Waals surface area contributed by atoms with Crippen LogP contribution in [0.25, 0.3) is 0 Å². The van der Waals surface area contributed by atoms with Crippen LogP contribution in [0, 0.1) is 6.92 Å². The molecule has 6 heteroatoms. The van der Waals surface area contributed by atoms with Gasteiger partial charge in [0.1, 0.15) is 5.82 Å². The quantitative estimate of drug-likeness (QED) is 0.778. The molecule has 0 unspecified atom stereocenters. The van der Waals surface area contributed by atoms with E-state index in [4.69, 9.17) is 11.6 Å². The normalized spacial score (nSPS) is 10.6. The van der Waals surface area contributed by atoms with Crippen molar-refractivity contribution in [2.75, 3.05) is 5.32 Å². The number of rotatable bonds is 4. The van der Waals surface area contributed by atoms with E-state index < -0.39 is 0 Å². The maximum atomic E-state index is 12.2. The van der Waals surface area contributed by atoms with Gasteiger partial charge in [0.25, 0.3) is 5.91 Å². The summed E-state index contributed by atoms with van der Waals surface area (Å²) < 4.78 is 2.39. The van der Waals surface area contributed by atoms with Crippen molar-refractivity contribution in [3.05, 3.63) is 69.0 Å². The van der Waals surface area contributed by atoms with Crippen molar-refractivity contribution in [2.45, 2.75) is 13.5 Å². The van der Waals surface area contributed by atoms with E-state index in [0.717, 1.165) is 11.3 Å². The molecule has 3 aromatic rings. The zero-order chi connectivity index (χ0) is 15.5. The lowest BCUT2D eigenvalue weighted by molar-refractivity contribution is 0.102. The number of nitrogens with zero attached hydrogens (tertiary/aromatic N) is 2. The van der Waals surface area contributed by atoms with Gasteiger partial charge in [-0.1, -0.05) is 41.9 Å². The Hall–Kier alpha value is -2.11. The number of benzene rings is 1. The average molecular weight is 332 g/mol. The Balaban J connectivity index is 1.80. The summed E-state index contributed by atoms with van der Waals surface area (Å²) in [4.78, 5) is 12.8. The lowest BCUT2D eigenvalue weighted by atomic mass is 10.2. The molecule has 112 valence electrons. The third kappa shape index (κ3) is 3.37. The second-order valence-electron chi connectivity index (χ2n) is 4.87. The molecule has 0 aliphatic heterocycles. The van der Waals surface area contributed by atoms with Crippen LogP contribution < -0.4 is 5.32 Å². The molecule has 0 aliphatic rings. The summed E-state index contributed by atoms with van der Waals surface area (Å²) >= 11 is 7.13. The molecule has 0 aliphatic carbocycles. The zero-order valence-corrected chi connectivity index (χ0v) is 13.5. The molecule has 1 N–H and O–H groups in total. The fraction of sp³-hybridized carbons (Fsp3) is 0.125. The molecule has 0 saturated heterocycles. The van der Waals surface area contributed by atoms with Crippen molar-refractivity contribution < 1.29 is 4.79 Å². The number of aromatic nitrogens is 2. The van der Waals surface area contributed by atoms with E-state index in [1.54, 1.807) is 16.8 Å². The Morgan fingerprint density at radius 3 is 2.73 bits per heavy atom. The summed E-state index contributed by atoms with van der Waals surface area (Å²) in [5.41, 5.74) is 1.98. The molecule has 2 aromatic heterocycles. The second kappa shape index (κ2) is 6.34. The van der Waals surface area contributed by atoms with Crippen LogP contribution in [0.1, 0.15) is 20.9 Å². The Kier molecular flexibility index (Phi) is 4.27. The average Bonchev–Trinajstić information content (AvgIpc) is 3.07. The number of halogens is 1. The fourth-order valence-electron chi connectivity index (χ4n) is 2.14. The highest BCUT2D eigenvalue weighted by atomic mass is 35.5. The number of carbonyl (C=O) groups excluding carboxylic acids is 1. The van der Waals surface area contributed by atoms with E-state index in [1.807, 2.05) is 43.3 Å². The van der Waals surface area contributed by atoms with Gasteiger partial charge in [-0.15, -0.1) is 11.3 Å². The molecule has 0 fully saturated rings. The first-order valence-electron chi connectivity index (χ1n) is 6.77. The first-order chi connectivity index (χ1) is 10.6. The number of anilines is 1. The van der Waals surface area contributed by atoms with E-state index in [9.17, 15) is 4.79 Å². The molecule has 0 radical (unpaired) electrons. The molecule has 0 atom stereocenters. The lowest BCUT2D eigenvalue weighted by Gasteiger charge is -2.08. The number of nitrogens with one attached hydrogen (secondary N) is 1. The Morgan fingerprint density at radius 2 is 2.05 bits per heavy atom. The number of aryl methyl sites for hydroxylation is 1. The number of hydrogen-bond donors (Lipinski definition) is 1. The number of carbonyl (C=O) groups is 1. The van der Waals surface area contributed by atoms with Crippen LogP contribution in [0.3, 0.4) is 0 Å². The molecule has 0 saturated carbocycles. The summed E-state index contributed by atoms with van der Waals surface area (Å²) in [7, 11) is 0. The van der Waals surface area contributed by atoms with Gasteiger partial charge in [-0.2, -0.15) is 5.10 Å². The number of hydrogen-bond acceptors (Lipinski definition) is 3. The molecule has 3 rings (SSSR count). The SMILES string of the molecule is Cc1cc(NC(=O)c2ccc(Cl)s2)n(Cc2ccccc2)n1. The maximum Gasteiger partial charge on any atom is 0.266 e. The Bertz CT molecular complexity index is 795. The number of amides is 1. The van der Waals surface area contributed by atoms with Gasteiger partial charge in [0.2, 0.25) is 0 Å². The molecule has 1 amide bonds. The Morgan fingerprint density at radius 1 is 1.27 bits per heavy atom. The maximum absolute atomic E-state index is 12.2. The predicted molar refractivity (Wildman–Crippen MR) is 89.8 cm³/mol. The molecule has 22 heavy (non-hydrogen) atoms. The summed E-state index contributed by atoms with van der Waals surface area (Å²) in [5.74, 6) is 0.502. The summed E-state index contributed by atoms with van der Waals surface area (Å²) in [6, 6.07) is 15.3. The van der Waals surface area contributed by atoms with E-state index in [-0.39, 0.29) is 5.91 Å². The van der Waals surface area contributed by atoms with Gasteiger partial charge >= 0.3 is 0 Å². The monoisotopic (exact) mass is 331 g/mol. The van der Waals surface area contributed by atoms with E-state index in [2.05, 4.69) is 10.4 Å². The van der Waals surface area contributed by atoms with Crippen LogP contribution in [0.4, 0.5) is 5.82 Å². The Labute approximate surface area is 137 Å². The third-order valence-electron chi connectivity index (χ3n) is 3.12. The second-order valence-corrected chi connectivity index (χ2v) is 6.59. The van der Waals surface area contributed by atoms with E-state index in [0.29, 0.717) is 21.6 Å². The van der Waals surface area contributed by atoms with Gasteiger partial charge < -0.3 is 5.32 Å². The summed E-state index contributed by atoms with van der Waals surface area (Å²) in [5, 5.41) is 7.33. The molecule has 0 spiro atoms. The van der Waals surface area contributed by atoms with Crippen LogP contribution in [0.5, 0.6) is 0 Å². The molecule has 1 aromatic carbocycles. The van der Waals surface area contributed by atoms with Gasteiger partial charge in [-0.05, 0) is 24.6 Å². The van der Waals surface area contributed by atoms with Crippen LogP contribution in [0.15, 0.2) is 48.5 Å². The van der Waals surface area contributed by atoms with Gasteiger partial charge in [0.05, 0.1) is 21.5 Å². The highest BCUT2D eigenvalue weighted by Crippen LogP contribution is 2.23. The minimum absolute atomic E-state index is 0.175. The summed E-state index contributed by atoms with van der Waals surface area (Å²) in [6.45, 7) is 2.51. The minimum Gasteiger partial charge on any atom is -0.306 e. The van der Waals surface area contributed by atoms with E-state index in [1.165, 1.54) is 11.3 Å². The molecular weight excluding hydrogens is 318 g/mol. The predicted octanol–water partition coefficient (Wildman–Crippen LogP) is 4.21. The van der Waals surface area contributed by atoms with Crippen molar-refractivity contribution in [1.82, 2.24) is 9.78 Å². The molecular formula is C16H14ClN3OS. The van der Waals surface area contributed by atoms with Crippen LogP contribution >= 0.6 is 22.9 Å². The van der Waals surface area contributed by atoms with Gasteiger partial charge in [-0.3, -0.25) is 4.79 Å². The van der Waals surface area contributed by atoms with Crippen LogP contribution in [-0.4, -0.2) is 15.7 Å².